The summed E-state index contributed by atoms with van der Waals surface area (Å²) in [6.07, 6.45) is 7.63. The Balaban J connectivity index is 1.39. The van der Waals surface area contributed by atoms with Gasteiger partial charge in [0.05, 0.1) is 6.54 Å². The van der Waals surface area contributed by atoms with Crippen molar-refractivity contribution in [3.8, 4) is 0 Å². The fourth-order valence-electron chi connectivity index (χ4n) is 5.81. The summed E-state index contributed by atoms with van der Waals surface area (Å²) in [5.41, 5.74) is 3.00. The molecule has 39 heavy (non-hydrogen) atoms. The van der Waals surface area contributed by atoms with Crippen molar-refractivity contribution in [2.45, 2.75) is 71.1 Å². The maximum Gasteiger partial charge on any atom is 0.255 e. The Morgan fingerprint density at radius 3 is 2.33 bits per heavy atom. The number of rotatable bonds is 9. The maximum atomic E-state index is 14.1. The van der Waals surface area contributed by atoms with Crippen LogP contribution in [0.25, 0.3) is 10.8 Å². The summed E-state index contributed by atoms with van der Waals surface area (Å²) in [6.45, 7) is 5.39. The van der Waals surface area contributed by atoms with Gasteiger partial charge in [-0.2, -0.15) is 0 Å². The average molecular weight is 522 g/mol. The van der Waals surface area contributed by atoms with E-state index >= 15 is 0 Å². The normalized spacial score (nSPS) is 14.0. The zero-order chi connectivity index (χ0) is 27.2. The van der Waals surface area contributed by atoms with Crippen LogP contribution in [-0.2, 0) is 17.9 Å². The number of fused-ring (bicyclic) bond motifs is 1. The third-order valence-corrected chi connectivity index (χ3v) is 8.00. The van der Waals surface area contributed by atoms with Crippen LogP contribution < -0.4 is 0 Å². The molecule has 0 N–H and O–H groups in total. The van der Waals surface area contributed by atoms with E-state index in [0.29, 0.717) is 12.1 Å². The Kier molecular flexibility index (Phi) is 8.45. The van der Waals surface area contributed by atoms with Crippen LogP contribution in [0.5, 0.6) is 0 Å². The van der Waals surface area contributed by atoms with Crippen LogP contribution in [-0.4, -0.2) is 44.8 Å². The van der Waals surface area contributed by atoms with Crippen molar-refractivity contribution in [3.63, 3.8) is 0 Å². The molecule has 1 heterocycles. The van der Waals surface area contributed by atoms with Crippen LogP contribution >= 0.6 is 0 Å². The fraction of sp³-hybridized carbons (Fsp3) is 0.353. The average Bonchev–Trinajstić information content (AvgIpc) is 3.41. The molecule has 1 fully saturated rings. The lowest BCUT2D eigenvalue weighted by molar-refractivity contribution is -0.136. The van der Waals surface area contributed by atoms with E-state index in [2.05, 4.69) is 52.1 Å². The van der Waals surface area contributed by atoms with Crippen LogP contribution in [0.2, 0.25) is 0 Å². The minimum absolute atomic E-state index is 0.0247. The van der Waals surface area contributed by atoms with Crippen molar-refractivity contribution in [1.29, 1.82) is 0 Å². The third-order valence-electron chi connectivity index (χ3n) is 8.00. The number of carbonyl (C=O) groups excluding carboxylic acids is 2. The van der Waals surface area contributed by atoms with Crippen LogP contribution in [0.3, 0.4) is 0 Å². The van der Waals surface area contributed by atoms with E-state index in [1.165, 1.54) is 12.0 Å². The van der Waals surface area contributed by atoms with E-state index in [9.17, 15) is 9.59 Å². The summed E-state index contributed by atoms with van der Waals surface area (Å²) < 4.78 is 2.24. The molecule has 0 spiro atoms. The second-order valence-electron chi connectivity index (χ2n) is 11.0. The number of amides is 2. The van der Waals surface area contributed by atoms with Crippen LogP contribution in [0.1, 0.15) is 67.6 Å². The van der Waals surface area contributed by atoms with Crippen molar-refractivity contribution in [3.05, 3.63) is 108 Å². The van der Waals surface area contributed by atoms with Crippen molar-refractivity contribution in [2.75, 3.05) is 6.54 Å². The molecule has 0 unspecified atom stereocenters. The van der Waals surface area contributed by atoms with Gasteiger partial charge in [-0.1, -0.05) is 86.0 Å². The molecule has 0 bridgehead atoms. The van der Waals surface area contributed by atoms with Gasteiger partial charge in [-0.15, -0.1) is 0 Å². The Morgan fingerprint density at radius 1 is 0.846 bits per heavy atom. The number of hydrogen-bond acceptors (Lipinski definition) is 2. The molecule has 0 saturated heterocycles. The number of hydrogen-bond donors (Lipinski definition) is 0. The molecular weight excluding hydrogens is 482 g/mol. The first-order valence-electron chi connectivity index (χ1n) is 14.3. The highest BCUT2D eigenvalue weighted by atomic mass is 16.2. The van der Waals surface area contributed by atoms with E-state index in [1.807, 2.05) is 62.4 Å². The van der Waals surface area contributed by atoms with Crippen LogP contribution in [0.4, 0.5) is 0 Å². The predicted molar refractivity (Wildman–Crippen MR) is 158 cm³/mol. The quantitative estimate of drug-likeness (QED) is 0.240. The third kappa shape index (κ3) is 6.25. The molecule has 5 nitrogen and oxygen atoms in total. The van der Waals surface area contributed by atoms with E-state index in [1.54, 1.807) is 4.90 Å². The van der Waals surface area contributed by atoms with Gasteiger partial charge in [0.15, 0.2) is 0 Å². The minimum Gasteiger partial charge on any atom is -0.345 e. The Hall–Kier alpha value is -3.86. The van der Waals surface area contributed by atoms with Crippen molar-refractivity contribution < 1.29 is 9.59 Å². The van der Waals surface area contributed by atoms with Gasteiger partial charge < -0.3 is 14.4 Å². The molecule has 1 aliphatic rings. The molecule has 1 saturated carbocycles. The standard InChI is InChI=1S/C34H39N3O2/c1-26(2)36(34(39)32-21-11-16-28-15-9-10-20-31(28)32)25-33(38)37(29-17-7-4-8-18-29)24-30-19-12-22-35(30)23-27-13-5-3-6-14-27/h3,5-6,9-16,19-22,26,29H,4,7-8,17-18,23-25H2,1-2H3. The maximum absolute atomic E-state index is 14.1. The topological polar surface area (TPSA) is 45.6 Å². The lowest BCUT2D eigenvalue weighted by Gasteiger charge is -2.37. The Morgan fingerprint density at radius 2 is 1.56 bits per heavy atom. The molecule has 0 aliphatic heterocycles. The van der Waals surface area contributed by atoms with Crippen molar-refractivity contribution in [2.24, 2.45) is 0 Å². The van der Waals surface area contributed by atoms with E-state index in [4.69, 9.17) is 0 Å². The highest BCUT2D eigenvalue weighted by molar-refractivity contribution is 6.07. The summed E-state index contributed by atoms with van der Waals surface area (Å²) in [6, 6.07) is 28.5. The Bertz CT molecular complexity index is 1400. The molecule has 5 heteroatoms. The molecule has 0 radical (unpaired) electrons. The van der Waals surface area contributed by atoms with E-state index in [-0.39, 0.29) is 30.4 Å². The van der Waals surface area contributed by atoms with Gasteiger partial charge in [-0.25, -0.2) is 0 Å². The van der Waals surface area contributed by atoms with Gasteiger partial charge in [0.25, 0.3) is 5.91 Å². The zero-order valence-corrected chi connectivity index (χ0v) is 23.1. The number of carbonyl (C=O) groups is 2. The van der Waals surface area contributed by atoms with E-state index in [0.717, 1.165) is 48.7 Å². The summed E-state index contributed by atoms with van der Waals surface area (Å²) in [5.74, 6) is -0.0668. The molecule has 1 aliphatic carbocycles. The molecule has 0 atom stereocenters. The second-order valence-corrected chi connectivity index (χ2v) is 11.0. The molecular formula is C34H39N3O2. The number of nitrogens with zero attached hydrogens (tertiary/aromatic N) is 3. The minimum atomic E-state index is -0.101. The number of aromatic nitrogens is 1. The summed E-state index contributed by atoms with van der Waals surface area (Å²) in [4.78, 5) is 31.7. The summed E-state index contributed by atoms with van der Waals surface area (Å²) in [7, 11) is 0. The van der Waals surface area contributed by atoms with Gasteiger partial charge in [0, 0.05) is 36.1 Å². The SMILES string of the molecule is CC(C)N(CC(=O)N(Cc1cccn1Cc1ccccc1)C1CCCCC1)C(=O)c1cccc2ccccc12. The van der Waals surface area contributed by atoms with Gasteiger partial charge in [0.1, 0.15) is 6.54 Å². The molecule has 4 aromatic rings. The molecule has 2 amide bonds. The lowest BCUT2D eigenvalue weighted by Crippen LogP contribution is -2.49. The second kappa shape index (κ2) is 12.3. The highest BCUT2D eigenvalue weighted by Gasteiger charge is 2.30. The van der Waals surface area contributed by atoms with Gasteiger partial charge in [-0.3, -0.25) is 9.59 Å². The van der Waals surface area contributed by atoms with Crippen LogP contribution in [0, 0.1) is 0 Å². The van der Waals surface area contributed by atoms with Gasteiger partial charge in [-0.05, 0) is 61.2 Å². The molecule has 1 aromatic heterocycles. The Labute approximate surface area is 232 Å². The monoisotopic (exact) mass is 521 g/mol. The molecule has 5 rings (SSSR count). The molecule has 3 aromatic carbocycles. The first-order valence-corrected chi connectivity index (χ1v) is 14.3. The highest BCUT2D eigenvalue weighted by Crippen LogP contribution is 2.26. The number of benzene rings is 3. The van der Waals surface area contributed by atoms with Gasteiger partial charge in [0.2, 0.25) is 5.91 Å². The van der Waals surface area contributed by atoms with Crippen LogP contribution in [0.15, 0.2) is 91.1 Å². The molecule has 202 valence electrons. The lowest BCUT2D eigenvalue weighted by atomic mass is 9.94. The largest absolute Gasteiger partial charge is 0.345 e. The smallest absolute Gasteiger partial charge is 0.255 e. The van der Waals surface area contributed by atoms with Gasteiger partial charge >= 0.3 is 0 Å². The van der Waals surface area contributed by atoms with Crippen molar-refractivity contribution >= 4 is 22.6 Å². The zero-order valence-electron chi connectivity index (χ0n) is 23.1. The fourth-order valence-corrected chi connectivity index (χ4v) is 5.81. The first kappa shape index (κ1) is 26.7. The summed E-state index contributed by atoms with van der Waals surface area (Å²) >= 11 is 0. The first-order chi connectivity index (χ1) is 19.0. The summed E-state index contributed by atoms with van der Waals surface area (Å²) in [5, 5.41) is 1.95. The predicted octanol–water partition coefficient (Wildman–Crippen LogP) is 6.90. The van der Waals surface area contributed by atoms with E-state index < -0.39 is 0 Å². The van der Waals surface area contributed by atoms with Crippen molar-refractivity contribution in [1.82, 2.24) is 14.4 Å².